The Kier molecular flexibility index (Phi) is 5.95. The first-order valence-corrected chi connectivity index (χ1v) is 9.71. The largest absolute Gasteiger partial charge is 0.463 e. The third kappa shape index (κ3) is 5.09. The average molecular weight is 354 g/mol. The van der Waals surface area contributed by atoms with E-state index in [0.29, 0.717) is 17.4 Å². The molecule has 0 spiro atoms. The van der Waals surface area contributed by atoms with Crippen LogP contribution in [0.25, 0.3) is 5.57 Å². The fraction of sp³-hybridized carbons (Fsp3) is 0.391. The highest BCUT2D eigenvalue weighted by Crippen LogP contribution is 2.29. The third-order valence-electron chi connectivity index (χ3n) is 4.48. The van der Waals surface area contributed by atoms with Gasteiger partial charge in [0.2, 0.25) is 5.75 Å². The molecule has 0 saturated heterocycles. The van der Waals surface area contributed by atoms with E-state index in [1.807, 2.05) is 6.08 Å². The molecule has 0 atom stereocenters. The predicted octanol–water partition coefficient (Wildman–Crippen LogP) is 6.14. The molecule has 0 saturated carbocycles. The van der Waals surface area contributed by atoms with Crippen molar-refractivity contribution in [3.05, 3.63) is 76.9 Å². The van der Waals surface area contributed by atoms with E-state index in [9.17, 15) is 4.21 Å². The van der Waals surface area contributed by atoms with E-state index < -0.39 is 0 Å². The molecule has 2 rings (SSSR count). The van der Waals surface area contributed by atoms with Crippen molar-refractivity contribution in [2.45, 2.75) is 52.4 Å². The van der Waals surface area contributed by atoms with Crippen LogP contribution in [0.4, 0.5) is 0 Å². The Morgan fingerprint density at radius 3 is 1.40 bits per heavy atom. The van der Waals surface area contributed by atoms with Gasteiger partial charge in [0.15, 0.2) is 0 Å². The van der Waals surface area contributed by atoms with Gasteiger partial charge in [-0.1, -0.05) is 90.1 Å². The van der Waals surface area contributed by atoms with E-state index in [-0.39, 0.29) is 10.8 Å². The summed E-state index contributed by atoms with van der Waals surface area (Å²) in [5.41, 5.74) is 6.36. The second kappa shape index (κ2) is 7.61. The molecular weight excluding hydrogens is 324 g/mol. The highest BCUT2D eigenvalue weighted by Gasteiger charge is 2.16. The van der Waals surface area contributed by atoms with Gasteiger partial charge < -0.3 is 0 Å². The van der Waals surface area contributed by atoms with Crippen LogP contribution >= 0.6 is 0 Å². The Balaban J connectivity index is 2.42. The summed E-state index contributed by atoms with van der Waals surface area (Å²) in [4.78, 5) is 0. The summed E-state index contributed by atoms with van der Waals surface area (Å²) in [5.74, 6) is 0.470. The van der Waals surface area contributed by atoms with Crippen LogP contribution in [0.15, 0.2) is 54.6 Å². The van der Waals surface area contributed by atoms with Gasteiger partial charge >= 0.3 is 11.7 Å². The van der Waals surface area contributed by atoms with Gasteiger partial charge in [-0.3, -0.25) is 0 Å². The second-order valence-electron chi connectivity index (χ2n) is 8.56. The molecule has 0 N–H and O–H groups in total. The van der Waals surface area contributed by atoms with Crippen LogP contribution in [0.1, 0.15) is 63.8 Å². The molecule has 0 aromatic heterocycles. The zero-order valence-electron chi connectivity index (χ0n) is 16.2. The summed E-state index contributed by atoms with van der Waals surface area (Å²) >= 11 is 0.608. The molecule has 2 heteroatoms. The van der Waals surface area contributed by atoms with Crippen LogP contribution in [0.5, 0.6) is 0 Å². The highest BCUT2D eigenvalue weighted by molar-refractivity contribution is 7.65. The van der Waals surface area contributed by atoms with Crippen LogP contribution < -0.4 is 0 Å². The smallest absolute Gasteiger partial charge is 0.0579 e. The summed E-state index contributed by atoms with van der Waals surface area (Å²) in [6.45, 7) is 13.3. The summed E-state index contributed by atoms with van der Waals surface area (Å²) in [7, 11) is 0. The molecule has 0 unspecified atom stereocenters. The quantitative estimate of drug-likeness (QED) is 0.603. The molecule has 2 aromatic rings. The van der Waals surface area contributed by atoms with Crippen molar-refractivity contribution in [2.75, 3.05) is 5.75 Å². The minimum Gasteiger partial charge on any atom is -0.0579 e. The van der Waals surface area contributed by atoms with E-state index in [0.717, 1.165) is 16.7 Å². The molecule has 0 fully saturated rings. The minimum absolute atomic E-state index is 0.141. The third-order valence-corrected chi connectivity index (χ3v) is 4.78. The van der Waals surface area contributed by atoms with Crippen molar-refractivity contribution in [1.29, 1.82) is 0 Å². The zero-order valence-corrected chi connectivity index (χ0v) is 17.0. The lowest BCUT2D eigenvalue weighted by Gasteiger charge is -2.20. The van der Waals surface area contributed by atoms with E-state index in [1.54, 1.807) is 0 Å². The zero-order chi connectivity index (χ0) is 18.7. The van der Waals surface area contributed by atoms with E-state index >= 15 is 0 Å². The first-order valence-electron chi connectivity index (χ1n) is 8.79. The van der Waals surface area contributed by atoms with Gasteiger partial charge in [-0.15, -0.1) is 0 Å². The lowest BCUT2D eigenvalue weighted by molar-refractivity contribution is 0.590. The molecule has 0 aliphatic carbocycles. The number of rotatable bonds is 4. The number of hydrogen-bond donors (Lipinski definition) is 0. The molecule has 0 bridgehead atoms. The fourth-order valence-corrected chi connectivity index (χ4v) is 3.05. The molecule has 25 heavy (non-hydrogen) atoms. The Morgan fingerprint density at radius 1 is 0.760 bits per heavy atom. The lowest BCUT2D eigenvalue weighted by Crippen LogP contribution is -2.11. The summed E-state index contributed by atoms with van der Waals surface area (Å²) in [6.07, 6.45) is 2.04. The molecular formula is C23H29OS+. The molecule has 0 aliphatic heterocycles. The molecule has 0 heterocycles. The van der Waals surface area contributed by atoms with Crippen molar-refractivity contribution in [3.8, 4) is 0 Å². The maximum atomic E-state index is 10.9. The molecule has 0 radical (unpaired) electrons. The van der Waals surface area contributed by atoms with Gasteiger partial charge in [0, 0.05) is 4.21 Å². The maximum Gasteiger partial charge on any atom is 0.463 e. The van der Waals surface area contributed by atoms with Gasteiger partial charge in [-0.05, 0) is 44.7 Å². The molecule has 0 aliphatic rings. The van der Waals surface area contributed by atoms with Crippen LogP contribution in [0, 0.1) is 0 Å². The summed E-state index contributed by atoms with van der Waals surface area (Å²) < 4.78 is 10.9. The minimum atomic E-state index is 0.141. The molecule has 0 amide bonds. The van der Waals surface area contributed by atoms with Gasteiger partial charge in [0.1, 0.15) is 0 Å². The first-order chi connectivity index (χ1) is 11.6. The van der Waals surface area contributed by atoms with Gasteiger partial charge in [0.05, 0.1) is 0 Å². The normalized spacial score (nSPS) is 11.9. The van der Waals surface area contributed by atoms with Crippen molar-refractivity contribution in [2.24, 2.45) is 0 Å². The monoisotopic (exact) mass is 353 g/mol. The van der Waals surface area contributed by atoms with Crippen molar-refractivity contribution in [3.63, 3.8) is 0 Å². The number of hydrogen-bond acceptors (Lipinski definition) is 1. The van der Waals surface area contributed by atoms with Crippen molar-refractivity contribution >= 4 is 17.2 Å². The Bertz CT molecular complexity index is 679. The maximum absolute atomic E-state index is 10.9. The fourth-order valence-electron chi connectivity index (χ4n) is 2.82. The van der Waals surface area contributed by atoms with Crippen LogP contribution in [0.2, 0.25) is 0 Å². The molecule has 2 aromatic carbocycles. The molecule has 132 valence electrons. The highest BCUT2D eigenvalue weighted by atomic mass is 32.1. The van der Waals surface area contributed by atoms with E-state index in [4.69, 9.17) is 0 Å². The van der Waals surface area contributed by atoms with E-state index in [1.165, 1.54) is 11.1 Å². The Labute approximate surface area is 156 Å². The van der Waals surface area contributed by atoms with Crippen LogP contribution in [-0.2, 0) is 26.7 Å². The van der Waals surface area contributed by atoms with Gasteiger partial charge in [-0.2, -0.15) is 0 Å². The number of benzene rings is 2. The topological polar surface area (TPSA) is 17.1 Å². The SMILES string of the molecule is CC(C)(C)c1ccc(C(=CC[S+]=O)c2ccc(C(C)(C)C)cc2)cc1. The Hall–Kier alpha value is -1.80. The second-order valence-corrected chi connectivity index (χ2v) is 9.13. The summed E-state index contributed by atoms with van der Waals surface area (Å²) in [5, 5.41) is 0. The standard InChI is InChI=1S/C23H29OS/c1-22(2,3)19-11-7-17(8-12-19)21(15-16-25-24)18-9-13-20(14-10-18)23(4,5)6/h7-15H,16H2,1-6H3/q+1. The molecule has 1 nitrogen and oxygen atoms in total. The van der Waals surface area contributed by atoms with Crippen molar-refractivity contribution in [1.82, 2.24) is 0 Å². The predicted molar refractivity (Wildman–Crippen MR) is 110 cm³/mol. The van der Waals surface area contributed by atoms with Crippen LogP contribution in [0.3, 0.4) is 0 Å². The average Bonchev–Trinajstić information content (AvgIpc) is 2.54. The summed E-state index contributed by atoms with van der Waals surface area (Å²) in [6, 6.07) is 17.4. The van der Waals surface area contributed by atoms with Crippen molar-refractivity contribution < 1.29 is 4.21 Å². The van der Waals surface area contributed by atoms with Gasteiger partial charge in [0.25, 0.3) is 0 Å². The Morgan fingerprint density at radius 2 is 1.12 bits per heavy atom. The van der Waals surface area contributed by atoms with E-state index in [2.05, 4.69) is 90.1 Å². The van der Waals surface area contributed by atoms with Crippen LogP contribution in [-0.4, -0.2) is 5.75 Å². The lowest BCUT2D eigenvalue weighted by atomic mass is 9.84. The first kappa shape index (κ1) is 19.5. The van der Waals surface area contributed by atoms with Gasteiger partial charge in [-0.25, -0.2) is 0 Å².